The average molecular weight is 1550 g/mol. The number of phenolic OH excluding ortho intramolecular Hbond substituents is 2. The van der Waals surface area contributed by atoms with Gasteiger partial charge in [-0.2, -0.15) is 0 Å². The Kier molecular flexibility index (Phi) is 21.9. The number of fused-ring (bicyclic) bond motifs is 17. The first-order valence-electron chi connectivity index (χ1n) is 40.4. The van der Waals surface area contributed by atoms with E-state index in [0.717, 1.165) is 139 Å². The number of phenols is 2. The van der Waals surface area contributed by atoms with Crippen LogP contribution in [0.15, 0.2) is 288 Å². The Bertz CT molecular complexity index is 6410. The van der Waals surface area contributed by atoms with Crippen molar-refractivity contribution >= 4 is 86.4 Å². The van der Waals surface area contributed by atoms with Gasteiger partial charge in [-0.25, -0.2) is 9.97 Å². The number of nitrogens with one attached hydrogen (secondary N) is 4. The molecule has 6 N–H and O–H groups in total. The maximum absolute atomic E-state index is 14.5. The molecule has 0 radical (unpaired) electrons. The van der Waals surface area contributed by atoms with Crippen LogP contribution in [0.5, 0.6) is 23.0 Å². The minimum absolute atomic E-state index is 0.131. The number of carbonyl (C=O) groups excluding carboxylic acids is 2. The molecule has 5 aliphatic rings. The maximum atomic E-state index is 14.5. The number of anilines is 2. The molecule has 2 amide bonds. The number of aromatic hydroxyl groups is 2. The normalized spacial score (nSPS) is 15.9. The standard InChI is InChI=1S/C106H96N6O6/c1-63(17-12-13-18-64(2)20-15-22-66(4)29-49-83-69(7)23-16-60-106(83,8)9)19-14-21-65(3)24-30-70-31-37-75(38-32-70)104(115)107-77-44-39-73(40-45-77)96-88-54-50-84(109-88)94(71-33-25-67(5)26-34-71)86-52-56-90(111-86)97(91-57-53-87(112-91)95(85-51-55-89(96)110-85)72-35-27-68(6)28-36-72)74-41-46-78(47-42-74)108-105(116)76-43-48-79-80(61-76)103(118-11)101-82-62-81(100(101)102(79)117-10)98-92(113)58-59-93(114)99(82)98/h12-15,17-22,24-59,61,81-82,109,112-114H,16,23,60,62H2,1-11H3,(H,107,115)(H,108,116)/b13-12+,19-14+,20-15+,30-24+,49-29+,63-17+,64-18+,65-21+,66-22+,94-84?,94-86?,95-85?,95-87?,96-88?,96-89?,97-90?,97-91?/t81-,82+/m1/s1. The van der Waals surface area contributed by atoms with Gasteiger partial charge in [0.15, 0.2) is 0 Å². The first-order valence-corrected chi connectivity index (χ1v) is 40.4. The summed E-state index contributed by atoms with van der Waals surface area (Å²) in [5, 5.41) is 30.0. The SMILES string of the molecule is COc1c2c(c(OC)c3cc(C(=O)Nc4ccc(-c5c6nc(c(-c7ccc(C)cc7)c7ccc([nH]7)c(-c7ccc(NC(=O)c8ccc(/C=C/C(C)=C/C=C/C(C)=C/C=C/C=C(C)/C=C/C=C(C)/C=C/C9=C(C)CCCC9(C)C)cc8)cc7)c7nc(c(-c8ccc(C)cc8)c8ccc5[nH]8)C=C7)C=C6)cc4)ccc13)[C@H]1C[C@@H]2c2c(O)ccc(O)c21. The van der Waals surface area contributed by atoms with Gasteiger partial charge in [-0.1, -0.05) is 223 Å². The highest BCUT2D eigenvalue weighted by Crippen LogP contribution is 2.66. The molecule has 12 heteroatoms. The van der Waals surface area contributed by atoms with Crippen molar-refractivity contribution in [3.8, 4) is 67.5 Å². The molecule has 2 atom stereocenters. The van der Waals surface area contributed by atoms with E-state index in [1.54, 1.807) is 26.4 Å². The minimum Gasteiger partial charge on any atom is -0.508 e. The Morgan fingerprint density at radius 1 is 0.449 bits per heavy atom. The number of hydrogen-bond acceptors (Lipinski definition) is 8. The van der Waals surface area contributed by atoms with E-state index in [9.17, 15) is 19.8 Å². The number of methoxy groups -OCH3 is 2. The van der Waals surface area contributed by atoms with Crippen molar-refractivity contribution in [3.63, 3.8) is 0 Å². The van der Waals surface area contributed by atoms with Crippen molar-refractivity contribution in [2.75, 3.05) is 24.9 Å². The molecule has 2 aliphatic heterocycles. The van der Waals surface area contributed by atoms with Crippen LogP contribution in [0, 0.1) is 19.3 Å². The first kappa shape index (κ1) is 78.1. The zero-order chi connectivity index (χ0) is 82.0. The quantitative estimate of drug-likeness (QED) is 0.0323. The van der Waals surface area contributed by atoms with Crippen LogP contribution in [0.25, 0.3) is 108 Å². The predicted octanol–water partition coefficient (Wildman–Crippen LogP) is 26.6. The fraction of sp³-hybridized carbons (Fsp3) is 0.170. The van der Waals surface area contributed by atoms with E-state index in [4.69, 9.17) is 19.4 Å². The van der Waals surface area contributed by atoms with Gasteiger partial charge in [0.25, 0.3) is 11.8 Å². The zero-order valence-electron chi connectivity index (χ0n) is 68.5. The third-order valence-electron chi connectivity index (χ3n) is 23.4. The van der Waals surface area contributed by atoms with Gasteiger partial charge in [-0.3, -0.25) is 9.59 Å². The summed E-state index contributed by atoms with van der Waals surface area (Å²) in [5.41, 5.74) is 30.2. The van der Waals surface area contributed by atoms with E-state index in [0.29, 0.717) is 51.4 Å². The zero-order valence-corrected chi connectivity index (χ0v) is 68.5. The van der Waals surface area contributed by atoms with Crippen molar-refractivity contribution in [1.29, 1.82) is 0 Å². The van der Waals surface area contributed by atoms with Crippen molar-refractivity contribution in [2.24, 2.45) is 5.41 Å². The molecule has 586 valence electrons. The van der Waals surface area contributed by atoms with E-state index in [1.165, 1.54) is 47.6 Å². The van der Waals surface area contributed by atoms with Crippen molar-refractivity contribution in [1.82, 2.24) is 19.9 Å². The third kappa shape index (κ3) is 15.9. The molecule has 5 heterocycles. The highest BCUT2D eigenvalue weighted by atomic mass is 16.5. The molecular weight excluding hydrogens is 1450 g/mol. The number of carbonyl (C=O) groups is 2. The monoisotopic (exact) mass is 1550 g/mol. The number of aryl methyl sites for hydroxylation is 2. The number of rotatable bonds is 20. The molecule has 12 nitrogen and oxygen atoms in total. The number of aromatic amines is 2. The maximum Gasteiger partial charge on any atom is 0.255 e. The summed E-state index contributed by atoms with van der Waals surface area (Å²) in [6.07, 6.45) is 42.5. The van der Waals surface area contributed by atoms with Crippen molar-refractivity contribution in [3.05, 3.63) is 361 Å². The van der Waals surface area contributed by atoms with E-state index >= 15 is 0 Å². The van der Waals surface area contributed by atoms with Gasteiger partial charge in [0.1, 0.15) is 23.0 Å². The van der Waals surface area contributed by atoms with Gasteiger partial charge in [0.2, 0.25) is 0 Å². The second kappa shape index (κ2) is 33.2. The lowest BCUT2D eigenvalue weighted by atomic mass is 9.72. The fourth-order valence-corrected chi connectivity index (χ4v) is 17.3. The molecule has 3 aliphatic carbocycles. The molecule has 0 saturated carbocycles. The molecule has 11 aromatic rings. The number of ether oxygens (including phenoxy) is 2. The number of nitrogens with zero attached hydrogens (tertiary/aromatic N) is 2. The predicted molar refractivity (Wildman–Crippen MR) is 489 cm³/mol. The van der Waals surface area contributed by atoms with Gasteiger partial charge < -0.3 is 40.3 Å². The van der Waals surface area contributed by atoms with E-state index in [-0.39, 0.29) is 40.6 Å². The van der Waals surface area contributed by atoms with Crippen LogP contribution in [0.1, 0.15) is 168 Å². The largest absolute Gasteiger partial charge is 0.508 e. The van der Waals surface area contributed by atoms with Crippen LogP contribution >= 0.6 is 0 Å². The van der Waals surface area contributed by atoms with Crippen LogP contribution in [-0.2, 0) is 0 Å². The van der Waals surface area contributed by atoms with Gasteiger partial charge in [-0.15, -0.1) is 0 Å². The van der Waals surface area contributed by atoms with Crippen molar-refractivity contribution < 1.29 is 29.3 Å². The number of allylic oxidation sites excluding steroid dienone is 19. The highest BCUT2D eigenvalue weighted by Gasteiger charge is 2.49. The average Bonchev–Trinajstić information content (AvgIpc) is 1.52. The summed E-state index contributed by atoms with van der Waals surface area (Å²) in [4.78, 5) is 47.3. The second-order valence-corrected chi connectivity index (χ2v) is 32.2. The third-order valence-corrected chi connectivity index (χ3v) is 23.4. The van der Waals surface area contributed by atoms with Gasteiger partial charge in [0.05, 0.1) is 37.0 Å². The van der Waals surface area contributed by atoms with Crippen molar-refractivity contribution in [2.45, 2.75) is 99.8 Å². The second-order valence-electron chi connectivity index (χ2n) is 32.2. The number of hydrogen-bond donors (Lipinski definition) is 6. The van der Waals surface area contributed by atoms with E-state index in [1.807, 2.05) is 84.9 Å². The van der Waals surface area contributed by atoms with E-state index in [2.05, 4.69) is 265 Å². The molecule has 10 bridgehead atoms. The van der Waals surface area contributed by atoms with E-state index < -0.39 is 0 Å². The highest BCUT2D eigenvalue weighted by molar-refractivity contribution is 6.10. The van der Waals surface area contributed by atoms with Gasteiger partial charge in [0, 0.05) is 112 Å². The Balaban J connectivity index is 0.652. The molecule has 3 aromatic heterocycles. The Labute approximate surface area is 690 Å². The molecular formula is C106H96N6O6. The summed E-state index contributed by atoms with van der Waals surface area (Å²) >= 11 is 0. The van der Waals surface area contributed by atoms with Crippen LogP contribution in [0.3, 0.4) is 0 Å². The summed E-state index contributed by atoms with van der Waals surface area (Å²) in [5.74, 6) is 0.594. The van der Waals surface area contributed by atoms with Crippen LogP contribution in [0.2, 0.25) is 0 Å². The smallest absolute Gasteiger partial charge is 0.255 e. The summed E-state index contributed by atoms with van der Waals surface area (Å²) in [7, 11) is 3.26. The van der Waals surface area contributed by atoms with Gasteiger partial charge in [-0.05, 0) is 228 Å². The summed E-state index contributed by atoms with van der Waals surface area (Å²) < 4.78 is 12.4. The van der Waals surface area contributed by atoms with Crippen LogP contribution in [0.4, 0.5) is 11.4 Å². The Morgan fingerprint density at radius 3 is 1.27 bits per heavy atom. The number of amides is 2. The van der Waals surface area contributed by atoms with Crippen LogP contribution < -0.4 is 20.1 Å². The number of H-pyrrole nitrogens is 2. The number of benzene rings is 8. The Hall–Kier alpha value is -13.8. The summed E-state index contributed by atoms with van der Waals surface area (Å²) in [6.45, 7) is 19.6. The molecule has 118 heavy (non-hydrogen) atoms. The number of aromatic nitrogens is 4. The molecule has 0 saturated heterocycles. The first-order chi connectivity index (χ1) is 57.1. The molecule has 8 aromatic carbocycles. The fourth-order valence-electron chi connectivity index (χ4n) is 17.3. The Morgan fingerprint density at radius 2 is 0.839 bits per heavy atom. The minimum atomic E-state index is -0.314. The van der Waals surface area contributed by atoms with Crippen LogP contribution in [-0.4, -0.2) is 56.2 Å². The lowest BCUT2D eigenvalue weighted by molar-refractivity contribution is 0.101. The molecule has 0 fully saturated rings. The molecule has 16 rings (SSSR count). The summed E-state index contributed by atoms with van der Waals surface area (Å²) in [6, 6.07) is 57.5. The lowest BCUT2D eigenvalue weighted by Gasteiger charge is -2.32. The topological polar surface area (TPSA) is 174 Å². The van der Waals surface area contributed by atoms with Gasteiger partial charge >= 0.3 is 0 Å². The molecule has 0 unspecified atom stereocenters. The lowest BCUT2D eigenvalue weighted by Crippen LogP contribution is -2.19. The molecule has 0 spiro atoms.